The maximum absolute atomic E-state index is 2.44. The molecule has 114 valence electrons. The van der Waals surface area contributed by atoms with Crippen LogP contribution < -0.4 is 0 Å². The fourth-order valence-electron chi connectivity index (χ4n) is 2.70. The van der Waals surface area contributed by atoms with Crippen molar-refractivity contribution >= 4 is 0 Å². The summed E-state index contributed by atoms with van der Waals surface area (Å²) in [6.45, 7) is 6.91. The molecule has 0 heteroatoms. The lowest BCUT2D eigenvalue weighted by Gasteiger charge is -2.09. The topological polar surface area (TPSA) is 0 Å². The van der Waals surface area contributed by atoms with Crippen molar-refractivity contribution in [3.63, 3.8) is 0 Å². The van der Waals surface area contributed by atoms with Gasteiger partial charge in [-0.05, 0) is 25.2 Å². The summed E-state index contributed by atoms with van der Waals surface area (Å²) in [5.74, 6) is 0.930. The zero-order valence-electron chi connectivity index (χ0n) is 13.9. The molecular formula is C19H38. The molecule has 0 bridgehead atoms. The first-order valence-corrected chi connectivity index (χ1v) is 9.00. The standard InChI is InChI=1S/C19H38/c1-4-7-8-9-10-11-12-13-14-15-16-18-19(6-3)17-5-2/h15-16,19H,4-14,17-18H2,1-3H3/b16-15+. The zero-order chi connectivity index (χ0) is 14.2. The highest BCUT2D eigenvalue weighted by atomic mass is 14.1. The van der Waals surface area contributed by atoms with Gasteiger partial charge in [0.2, 0.25) is 0 Å². The van der Waals surface area contributed by atoms with E-state index in [9.17, 15) is 0 Å². The minimum absolute atomic E-state index is 0.930. The van der Waals surface area contributed by atoms with Crippen molar-refractivity contribution in [2.24, 2.45) is 5.92 Å². The van der Waals surface area contributed by atoms with Gasteiger partial charge in [-0.25, -0.2) is 0 Å². The molecule has 0 fully saturated rings. The van der Waals surface area contributed by atoms with Gasteiger partial charge in [0, 0.05) is 0 Å². The molecule has 0 spiro atoms. The predicted octanol–water partition coefficient (Wildman–Crippen LogP) is 7.29. The largest absolute Gasteiger partial charge is 0.0885 e. The van der Waals surface area contributed by atoms with Crippen LogP contribution in [0, 0.1) is 5.92 Å². The molecule has 0 aromatic heterocycles. The van der Waals surface area contributed by atoms with Gasteiger partial charge >= 0.3 is 0 Å². The van der Waals surface area contributed by atoms with Crippen molar-refractivity contribution in [1.29, 1.82) is 0 Å². The molecule has 0 aliphatic rings. The van der Waals surface area contributed by atoms with Crippen molar-refractivity contribution in [3.05, 3.63) is 12.2 Å². The summed E-state index contributed by atoms with van der Waals surface area (Å²) in [5.41, 5.74) is 0. The normalized spacial score (nSPS) is 13.2. The highest BCUT2D eigenvalue weighted by Gasteiger charge is 2.01. The smallest absolute Gasteiger partial charge is 0.0322 e. The minimum atomic E-state index is 0.930. The molecular weight excluding hydrogens is 228 g/mol. The van der Waals surface area contributed by atoms with E-state index in [2.05, 4.69) is 32.9 Å². The third-order valence-electron chi connectivity index (χ3n) is 4.13. The first-order valence-electron chi connectivity index (χ1n) is 9.00. The van der Waals surface area contributed by atoms with Crippen molar-refractivity contribution in [2.75, 3.05) is 0 Å². The summed E-state index contributed by atoms with van der Waals surface area (Å²) < 4.78 is 0. The Hall–Kier alpha value is -0.260. The number of rotatable bonds is 14. The van der Waals surface area contributed by atoms with Crippen molar-refractivity contribution in [3.8, 4) is 0 Å². The van der Waals surface area contributed by atoms with Crippen molar-refractivity contribution < 1.29 is 0 Å². The van der Waals surface area contributed by atoms with E-state index in [1.54, 1.807) is 0 Å². The molecule has 0 saturated heterocycles. The van der Waals surface area contributed by atoms with Crippen LogP contribution in [0.1, 0.15) is 104 Å². The van der Waals surface area contributed by atoms with Crippen LogP contribution in [0.15, 0.2) is 12.2 Å². The molecule has 0 aliphatic carbocycles. The molecule has 1 unspecified atom stereocenters. The molecule has 0 saturated carbocycles. The average Bonchev–Trinajstić information content (AvgIpc) is 2.43. The summed E-state index contributed by atoms with van der Waals surface area (Å²) >= 11 is 0. The first kappa shape index (κ1) is 18.7. The van der Waals surface area contributed by atoms with Crippen LogP contribution in [0.3, 0.4) is 0 Å². The Morgan fingerprint density at radius 3 is 1.89 bits per heavy atom. The second-order valence-electron chi connectivity index (χ2n) is 6.03. The molecule has 0 nitrogen and oxygen atoms in total. The van der Waals surface area contributed by atoms with Gasteiger partial charge in [0.25, 0.3) is 0 Å². The van der Waals surface area contributed by atoms with E-state index >= 15 is 0 Å². The van der Waals surface area contributed by atoms with E-state index in [-0.39, 0.29) is 0 Å². The Morgan fingerprint density at radius 1 is 0.684 bits per heavy atom. The van der Waals surface area contributed by atoms with Crippen LogP contribution in [0.25, 0.3) is 0 Å². The Balaban J connectivity index is 3.24. The van der Waals surface area contributed by atoms with Crippen molar-refractivity contribution in [1.82, 2.24) is 0 Å². The van der Waals surface area contributed by atoms with Crippen LogP contribution in [0.2, 0.25) is 0 Å². The van der Waals surface area contributed by atoms with Crippen LogP contribution >= 0.6 is 0 Å². The maximum Gasteiger partial charge on any atom is -0.0322 e. The molecule has 0 amide bonds. The lowest BCUT2D eigenvalue weighted by atomic mass is 9.96. The van der Waals surface area contributed by atoms with Gasteiger partial charge in [-0.1, -0.05) is 97.1 Å². The zero-order valence-corrected chi connectivity index (χ0v) is 13.9. The van der Waals surface area contributed by atoms with Gasteiger partial charge in [0.05, 0.1) is 0 Å². The number of allylic oxidation sites excluding steroid dienone is 2. The summed E-state index contributed by atoms with van der Waals surface area (Å²) in [6, 6.07) is 0. The van der Waals surface area contributed by atoms with E-state index in [0.29, 0.717) is 0 Å². The number of hydrogen-bond acceptors (Lipinski definition) is 0. The van der Waals surface area contributed by atoms with Gasteiger partial charge < -0.3 is 0 Å². The summed E-state index contributed by atoms with van der Waals surface area (Å²) in [7, 11) is 0. The van der Waals surface area contributed by atoms with Gasteiger partial charge in [0.15, 0.2) is 0 Å². The fraction of sp³-hybridized carbons (Fsp3) is 0.895. The second kappa shape index (κ2) is 15.8. The number of hydrogen-bond donors (Lipinski definition) is 0. The third kappa shape index (κ3) is 14.0. The highest BCUT2D eigenvalue weighted by molar-refractivity contribution is 4.83. The predicted molar refractivity (Wildman–Crippen MR) is 89.7 cm³/mol. The fourth-order valence-corrected chi connectivity index (χ4v) is 2.70. The molecule has 0 aromatic carbocycles. The van der Waals surface area contributed by atoms with Crippen LogP contribution in [-0.2, 0) is 0 Å². The minimum Gasteiger partial charge on any atom is -0.0885 e. The van der Waals surface area contributed by atoms with E-state index in [0.717, 1.165) is 5.92 Å². The lowest BCUT2D eigenvalue weighted by molar-refractivity contribution is 0.469. The Labute approximate surface area is 123 Å². The SMILES string of the molecule is CCCCCCCCCC/C=C/CC(CC)CCC. The maximum atomic E-state index is 2.44. The van der Waals surface area contributed by atoms with E-state index in [4.69, 9.17) is 0 Å². The summed E-state index contributed by atoms with van der Waals surface area (Å²) in [5, 5.41) is 0. The molecule has 19 heavy (non-hydrogen) atoms. The second-order valence-corrected chi connectivity index (χ2v) is 6.03. The van der Waals surface area contributed by atoms with Gasteiger partial charge in [-0.2, -0.15) is 0 Å². The Morgan fingerprint density at radius 2 is 1.32 bits per heavy atom. The van der Waals surface area contributed by atoms with Gasteiger partial charge in [-0.3, -0.25) is 0 Å². The Kier molecular flexibility index (Phi) is 15.6. The van der Waals surface area contributed by atoms with Crippen molar-refractivity contribution in [2.45, 2.75) is 104 Å². The van der Waals surface area contributed by atoms with Crippen LogP contribution in [0.4, 0.5) is 0 Å². The van der Waals surface area contributed by atoms with Gasteiger partial charge in [0.1, 0.15) is 0 Å². The monoisotopic (exact) mass is 266 g/mol. The lowest BCUT2D eigenvalue weighted by Crippen LogP contribution is -1.95. The molecule has 0 N–H and O–H groups in total. The summed E-state index contributed by atoms with van der Waals surface area (Å²) in [4.78, 5) is 0. The average molecular weight is 267 g/mol. The van der Waals surface area contributed by atoms with E-state index in [1.165, 1.54) is 83.5 Å². The Bertz CT molecular complexity index is 180. The molecule has 0 heterocycles. The van der Waals surface area contributed by atoms with Crippen LogP contribution in [0.5, 0.6) is 0 Å². The molecule has 1 atom stereocenters. The van der Waals surface area contributed by atoms with E-state index < -0.39 is 0 Å². The highest BCUT2D eigenvalue weighted by Crippen LogP contribution is 2.16. The number of unbranched alkanes of at least 4 members (excludes halogenated alkanes) is 8. The molecule has 0 radical (unpaired) electrons. The molecule has 0 rings (SSSR count). The quantitative estimate of drug-likeness (QED) is 0.229. The first-order chi connectivity index (χ1) is 9.35. The molecule has 0 aromatic rings. The molecule has 0 aliphatic heterocycles. The third-order valence-corrected chi connectivity index (χ3v) is 4.13. The van der Waals surface area contributed by atoms with E-state index in [1.807, 2.05) is 0 Å². The summed E-state index contributed by atoms with van der Waals surface area (Å²) in [6.07, 6.45) is 23.0. The van der Waals surface area contributed by atoms with Crippen LogP contribution in [-0.4, -0.2) is 0 Å². The van der Waals surface area contributed by atoms with Gasteiger partial charge in [-0.15, -0.1) is 0 Å².